The van der Waals surface area contributed by atoms with Crippen molar-refractivity contribution >= 4 is 5.96 Å². The zero-order valence-electron chi connectivity index (χ0n) is 16.3. The van der Waals surface area contributed by atoms with Gasteiger partial charge in [-0.1, -0.05) is 30.9 Å². The number of nitrogens with one attached hydrogen (secondary N) is 2. The molecule has 0 saturated carbocycles. The number of aliphatic imine (C=N–C) groups is 1. The van der Waals surface area contributed by atoms with Crippen molar-refractivity contribution in [3.63, 3.8) is 0 Å². The molecule has 2 atom stereocenters. The van der Waals surface area contributed by atoms with Gasteiger partial charge < -0.3 is 20.1 Å². The summed E-state index contributed by atoms with van der Waals surface area (Å²) < 4.78 is 11.8. The lowest BCUT2D eigenvalue weighted by Crippen LogP contribution is -2.51. The topological polar surface area (TPSA) is 58.1 Å². The highest BCUT2D eigenvalue weighted by Crippen LogP contribution is 2.22. The first-order valence-corrected chi connectivity index (χ1v) is 9.99. The van der Waals surface area contributed by atoms with Crippen LogP contribution in [0.25, 0.3) is 0 Å². The Morgan fingerprint density at radius 2 is 2.30 bits per heavy atom. The van der Waals surface area contributed by atoms with Crippen LogP contribution in [0.5, 0.6) is 5.75 Å². The summed E-state index contributed by atoms with van der Waals surface area (Å²) in [6, 6.07) is 8.63. The van der Waals surface area contributed by atoms with Crippen LogP contribution in [0, 0.1) is 0 Å². The second kappa shape index (κ2) is 10.3. The van der Waals surface area contributed by atoms with E-state index in [1.807, 2.05) is 24.3 Å². The molecule has 0 bridgehead atoms. The van der Waals surface area contributed by atoms with Gasteiger partial charge >= 0.3 is 0 Å². The molecule has 6 nitrogen and oxygen atoms in total. The second-order valence-corrected chi connectivity index (χ2v) is 7.03. The normalized spacial score (nSPS) is 22.9. The Labute approximate surface area is 162 Å². The van der Waals surface area contributed by atoms with E-state index in [1.165, 1.54) is 19.4 Å². The van der Waals surface area contributed by atoms with Gasteiger partial charge in [0, 0.05) is 31.2 Å². The third-order valence-corrected chi connectivity index (χ3v) is 5.04. The van der Waals surface area contributed by atoms with Crippen molar-refractivity contribution in [1.82, 2.24) is 15.5 Å². The summed E-state index contributed by atoms with van der Waals surface area (Å²) in [6.07, 6.45) is 4.54. The molecule has 0 amide bonds. The Morgan fingerprint density at radius 3 is 3.15 bits per heavy atom. The van der Waals surface area contributed by atoms with Crippen molar-refractivity contribution in [3.05, 3.63) is 42.5 Å². The molecule has 0 aromatic heterocycles. The molecular formula is C21H32N4O2. The monoisotopic (exact) mass is 372 g/mol. The highest BCUT2D eigenvalue weighted by atomic mass is 16.5. The Balaban J connectivity index is 1.54. The number of hydrogen-bond donors (Lipinski definition) is 2. The second-order valence-electron chi connectivity index (χ2n) is 7.03. The highest BCUT2D eigenvalue weighted by molar-refractivity contribution is 5.79. The SMILES string of the molecule is C=CCOc1ccccc1CN=C(NCC)NCC1CN2CCCC2CO1. The number of rotatable bonds is 8. The fraction of sp³-hybridized carbons (Fsp3) is 0.571. The average Bonchev–Trinajstić information content (AvgIpc) is 3.17. The molecular weight excluding hydrogens is 340 g/mol. The summed E-state index contributed by atoms with van der Waals surface area (Å²) in [5.74, 6) is 1.66. The summed E-state index contributed by atoms with van der Waals surface area (Å²) in [6.45, 7) is 11.5. The van der Waals surface area contributed by atoms with Gasteiger partial charge in [-0.25, -0.2) is 4.99 Å². The van der Waals surface area contributed by atoms with E-state index in [1.54, 1.807) is 6.08 Å². The largest absolute Gasteiger partial charge is 0.489 e. The maximum Gasteiger partial charge on any atom is 0.191 e. The van der Waals surface area contributed by atoms with Crippen LogP contribution in [0.1, 0.15) is 25.3 Å². The van der Waals surface area contributed by atoms with Crippen LogP contribution in [0.2, 0.25) is 0 Å². The molecule has 0 spiro atoms. The van der Waals surface area contributed by atoms with E-state index in [-0.39, 0.29) is 6.10 Å². The molecule has 2 N–H and O–H groups in total. The van der Waals surface area contributed by atoms with Gasteiger partial charge in [0.15, 0.2) is 5.96 Å². The molecule has 1 aromatic rings. The molecule has 0 aliphatic carbocycles. The molecule has 1 aromatic carbocycles. The number of guanidine groups is 1. The van der Waals surface area contributed by atoms with Gasteiger partial charge in [-0.3, -0.25) is 4.90 Å². The molecule has 2 aliphatic heterocycles. The predicted octanol–water partition coefficient (Wildman–Crippen LogP) is 2.17. The Morgan fingerprint density at radius 1 is 1.41 bits per heavy atom. The lowest BCUT2D eigenvalue weighted by Gasteiger charge is -2.35. The van der Waals surface area contributed by atoms with Gasteiger partial charge in [0.2, 0.25) is 0 Å². The maximum absolute atomic E-state index is 6.03. The standard InChI is InChI=1S/C21H32N4O2/c1-3-12-26-20-10-6-5-8-17(20)13-23-21(22-4-2)24-14-19-15-25-11-7-9-18(25)16-27-19/h3,5-6,8,10,18-19H,1,4,7,9,11-16H2,2H3,(H2,22,23,24). The summed E-state index contributed by atoms with van der Waals surface area (Å²) in [4.78, 5) is 7.29. The van der Waals surface area contributed by atoms with E-state index < -0.39 is 0 Å². The third-order valence-electron chi connectivity index (χ3n) is 5.04. The lowest BCUT2D eigenvalue weighted by molar-refractivity contribution is -0.0453. The van der Waals surface area contributed by atoms with Gasteiger partial charge in [-0.2, -0.15) is 0 Å². The van der Waals surface area contributed by atoms with Gasteiger partial charge in [0.05, 0.1) is 19.3 Å². The van der Waals surface area contributed by atoms with Crippen LogP contribution in [0.4, 0.5) is 0 Å². The van der Waals surface area contributed by atoms with Crippen molar-refractivity contribution in [3.8, 4) is 5.75 Å². The van der Waals surface area contributed by atoms with Crippen LogP contribution in [-0.4, -0.2) is 62.4 Å². The van der Waals surface area contributed by atoms with Crippen molar-refractivity contribution in [2.24, 2.45) is 4.99 Å². The number of fused-ring (bicyclic) bond motifs is 1. The number of nitrogens with zero attached hydrogens (tertiary/aromatic N) is 2. The van der Waals surface area contributed by atoms with Crippen LogP contribution in [0.15, 0.2) is 41.9 Å². The molecule has 2 unspecified atom stereocenters. The van der Waals surface area contributed by atoms with E-state index in [0.29, 0.717) is 19.2 Å². The molecule has 148 valence electrons. The molecule has 3 rings (SSSR count). The van der Waals surface area contributed by atoms with Gasteiger partial charge in [0.25, 0.3) is 0 Å². The quantitative estimate of drug-likeness (QED) is 0.416. The number of ether oxygens (including phenoxy) is 2. The molecule has 2 aliphatic rings. The summed E-state index contributed by atoms with van der Waals surface area (Å²) in [5, 5.41) is 6.75. The fourth-order valence-electron chi connectivity index (χ4n) is 3.65. The number of hydrogen-bond acceptors (Lipinski definition) is 4. The third kappa shape index (κ3) is 5.71. The summed E-state index contributed by atoms with van der Waals surface area (Å²) in [5.41, 5.74) is 1.06. The van der Waals surface area contributed by atoms with Crippen molar-refractivity contribution in [2.75, 3.05) is 39.4 Å². The molecule has 6 heteroatoms. The first-order valence-electron chi connectivity index (χ1n) is 9.99. The van der Waals surface area contributed by atoms with Crippen molar-refractivity contribution in [1.29, 1.82) is 0 Å². The van der Waals surface area contributed by atoms with Crippen molar-refractivity contribution in [2.45, 2.75) is 38.5 Å². The predicted molar refractivity (Wildman–Crippen MR) is 109 cm³/mol. The van der Waals surface area contributed by atoms with Crippen LogP contribution in [-0.2, 0) is 11.3 Å². The number of para-hydroxylation sites is 1. The number of benzene rings is 1. The Bertz CT molecular complexity index is 634. The van der Waals surface area contributed by atoms with Crippen LogP contribution >= 0.6 is 0 Å². The molecule has 27 heavy (non-hydrogen) atoms. The number of morpholine rings is 1. The zero-order chi connectivity index (χ0) is 18.9. The molecule has 0 radical (unpaired) electrons. The van der Waals surface area contributed by atoms with Crippen LogP contribution in [0.3, 0.4) is 0 Å². The van der Waals surface area contributed by atoms with E-state index in [0.717, 1.165) is 43.5 Å². The van der Waals surface area contributed by atoms with E-state index in [9.17, 15) is 0 Å². The average molecular weight is 373 g/mol. The zero-order valence-corrected chi connectivity index (χ0v) is 16.3. The van der Waals surface area contributed by atoms with Crippen molar-refractivity contribution < 1.29 is 9.47 Å². The first-order chi connectivity index (χ1) is 13.3. The van der Waals surface area contributed by atoms with E-state index >= 15 is 0 Å². The smallest absolute Gasteiger partial charge is 0.191 e. The summed E-state index contributed by atoms with van der Waals surface area (Å²) in [7, 11) is 0. The van der Waals surface area contributed by atoms with Gasteiger partial charge in [-0.15, -0.1) is 0 Å². The minimum absolute atomic E-state index is 0.214. The van der Waals surface area contributed by atoms with Gasteiger partial charge in [0.1, 0.15) is 12.4 Å². The molecule has 2 fully saturated rings. The fourth-order valence-corrected chi connectivity index (χ4v) is 3.65. The minimum Gasteiger partial charge on any atom is -0.489 e. The van der Waals surface area contributed by atoms with Gasteiger partial charge in [-0.05, 0) is 32.4 Å². The lowest BCUT2D eigenvalue weighted by atomic mass is 10.2. The Hall–Kier alpha value is -2.05. The molecule has 2 saturated heterocycles. The molecule has 2 heterocycles. The maximum atomic E-state index is 6.03. The highest BCUT2D eigenvalue weighted by Gasteiger charge is 2.32. The minimum atomic E-state index is 0.214. The Kier molecular flexibility index (Phi) is 7.54. The van der Waals surface area contributed by atoms with E-state index in [4.69, 9.17) is 14.5 Å². The summed E-state index contributed by atoms with van der Waals surface area (Å²) >= 11 is 0. The van der Waals surface area contributed by atoms with Crippen LogP contribution < -0.4 is 15.4 Å². The van der Waals surface area contributed by atoms with E-state index in [2.05, 4.69) is 29.0 Å². The first kappa shape index (κ1) is 19.7.